The standard InChI is InChI=1S/C19H18ClN7O/c1-26(2)18(28)12-6-4-11(5-7-12)17-23-19(27(3)25-17)22-15-9-8-14-13(16(15)20)10-21-24-14/h4-10H,1-3H3,(H,21,24)(H,22,23,25). The minimum Gasteiger partial charge on any atom is -0.345 e. The van der Waals surface area contributed by atoms with E-state index in [2.05, 4.69) is 25.6 Å². The molecule has 2 aromatic heterocycles. The lowest BCUT2D eigenvalue weighted by molar-refractivity contribution is 0.0827. The molecule has 8 nitrogen and oxygen atoms in total. The third-order valence-corrected chi connectivity index (χ3v) is 4.77. The van der Waals surface area contributed by atoms with Gasteiger partial charge in [-0.2, -0.15) is 10.1 Å². The van der Waals surface area contributed by atoms with Crippen LogP contribution < -0.4 is 5.32 Å². The number of carbonyl (C=O) groups is 1. The van der Waals surface area contributed by atoms with E-state index in [0.29, 0.717) is 28.0 Å². The maximum absolute atomic E-state index is 12.0. The maximum atomic E-state index is 12.0. The minimum absolute atomic E-state index is 0.0489. The molecular weight excluding hydrogens is 378 g/mol. The molecule has 1 amide bonds. The predicted molar refractivity (Wildman–Crippen MR) is 109 cm³/mol. The van der Waals surface area contributed by atoms with Gasteiger partial charge in [0.25, 0.3) is 5.91 Å². The van der Waals surface area contributed by atoms with Crippen molar-refractivity contribution in [1.29, 1.82) is 0 Å². The van der Waals surface area contributed by atoms with Crippen molar-refractivity contribution < 1.29 is 4.79 Å². The van der Waals surface area contributed by atoms with Crippen LogP contribution in [0.15, 0.2) is 42.6 Å². The fourth-order valence-electron chi connectivity index (χ4n) is 2.84. The monoisotopic (exact) mass is 395 g/mol. The van der Waals surface area contributed by atoms with Crippen LogP contribution in [-0.2, 0) is 7.05 Å². The third kappa shape index (κ3) is 3.18. The molecule has 0 aliphatic heterocycles. The number of H-pyrrole nitrogens is 1. The van der Waals surface area contributed by atoms with E-state index in [1.165, 1.54) is 4.90 Å². The van der Waals surface area contributed by atoms with Crippen LogP contribution >= 0.6 is 11.6 Å². The molecule has 2 heterocycles. The normalized spacial score (nSPS) is 11.0. The van der Waals surface area contributed by atoms with Gasteiger partial charge in [-0.25, -0.2) is 4.68 Å². The molecule has 2 N–H and O–H groups in total. The fourth-order valence-corrected chi connectivity index (χ4v) is 3.10. The number of carbonyl (C=O) groups excluding carboxylic acids is 1. The van der Waals surface area contributed by atoms with Gasteiger partial charge in [-0.05, 0) is 24.3 Å². The Morgan fingerprint density at radius 3 is 2.64 bits per heavy atom. The number of hydrogen-bond acceptors (Lipinski definition) is 5. The van der Waals surface area contributed by atoms with Gasteiger partial charge in [-0.3, -0.25) is 9.89 Å². The van der Waals surface area contributed by atoms with Gasteiger partial charge >= 0.3 is 0 Å². The quantitative estimate of drug-likeness (QED) is 0.552. The number of nitrogens with zero attached hydrogens (tertiary/aromatic N) is 5. The number of benzene rings is 2. The first kappa shape index (κ1) is 18.0. The Morgan fingerprint density at radius 2 is 1.93 bits per heavy atom. The molecule has 0 radical (unpaired) electrons. The van der Waals surface area contributed by atoms with E-state index < -0.39 is 0 Å². The van der Waals surface area contributed by atoms with E-state index in [9.17, 15) is 4.79 Å². The number of amides is 1. The molecule has 0 saturated carbocycles. The summed E-state index contributed by atoms with van der Waals surface area (Å²) >= 11 is 6.47. The van der Waals surface area contributed by atoms with Crippen molar-refractivity contribution in [2.24, 2.45) is 7.05 Å². The number of fused-ring (bicyclic) bond motifs is 1. The molecule has 0 unspecified atom stereocenters. The van der Waals surface area contributed by atoms with Gasteiger partial charge in [0.05, 0.1) is 22.4 Å². The Labute approximate surface area is 166 Å². The average Bonchev–Trinajstić information content (AvgIpc) is 3.31. The summed E-state index contributed by atoms with van der Waals surface area (Å²) in [5, 5.41) is 15.9. The lowest BCUT2D eigenvalue weighted by atomic mass is 10.1. The summed E-state index contributed by atoms with van der Waals surface area (Å²) in [5.41, 5.74) is 3.00. The van der Waals surface area contributed by atoms with Crippen LogP contribution in [-0.4, -0.2) is 49.9 Å². The van der Waals surface area contributed by atoms with Crippen LogP contribution in [0, 0.1) is 0 Å². The molecule has 2 aromatic carbocycles. The first-order valence-electron chi connectivity index (χ1n) is 8.56. The number of aromatic nitrogens is 5. The van der Waals surface area contributed by atoms with Crippen LogP contribution in [0.1, 0.15) is 10.4 Å². The molecule has 28 heavy (non-hydrogen) atoms. The summed E-state index contributed by atoms with van der Waals surface area (Å²) in [4.78, 5) is 18.1. The van der Waals surface area contributed by atoms with Gasteiger partial charge < -0.3 is 10.2 Å². The highest BCUT2D eigenvalue weighted by Gasteiger charge is 2.14. The smallest absolute Gasteiger partial charge is 0.253 e. The molecule has 0 aliphatic carbocycles. The third-order valence-electron chi connectivity index (χ3n) is 4.36. The maximum Gasteiger partial charge on any atom is 0.253 e. The molecular formula is C19H18ClN7O. The summed E-state index contributed by atoms with van der Waals surface area (Å²) in [6, 6.07) is 11.0. The number of halogens is 1. The Bertz CT molecular complexity index is 1160. The van der Waals surface area contributed by atoms with Crippen LogP contribution in [0.2, 0.25) is 5.02 Å². The van der Waals surface area contributed by atoms with Crippen LogP contribution in [0.4, 0.5) is 11.6 Å². The number of anilines is 2. The van der Waals surface area contributed by atoms with Crippen LogP contribution in [0.5, 0.6) is 0 Å². The Balaban J connectivity index is 1.61. The Morgan fingerprint density at radius 1 is 1.18 bits per heavy atom. The van der Waals surface area contributed by atoms with Gasteiger partial charge in [0.2, 0.25) is 5.95 Å². The molecule has 0 aliphatic rings. The van der Waals surface area contributed by atoms with E-state index in [1.807, 2.05) is 24.3 Å². The van der Waals surface area contributed by atoms with E-state index in [4.69, 9.17) is 11.6 Å². The zero-order chi connectivity index (χ0) is 19.8. The van der Waals surface area contributed by atoms with Crippen LogP contribution in [0.3, 0.4) is 0 Å². The molecule has 0 fully saturated rings. The van der Waals surface area contributed by atoms with Crippen molar-refractivity contribution in [3.05, 3.63) is 53.2 Å². The summed E-state index contributed by atoms with van der Waals surface area (Å²) in [7, 11) is 5.24. The Hall–Kier alpha value is -3.39. The first-order valence-corrected chi connectivity index (χ1v) is 8.93. The van der Waals surface area contributed by atoms with Gasteiger partial charge in [0, 0.05) is 37.7 Å². The topological polar surface area (TPSA) is 91.7 Å². The zero-order valence-electron chi connectivity index (χ0n) is 15.6. The summed E-state index contributed by atoms with van der Waals surface area (Å²) in [6.45, 7) is 0. The SMILES string of the molecule is CN(C)C(=O)c1ccc(-c2nc(Nc3ccc4[nH]ncc4c3Cl)n(C)n2)cc1. The van der Waals surface area contributed by atoms with Crippen molar-refractivity contribution in [2.75, 3.05) is 19.4 Å². The summed E-state index contributed by atoms with van der Waals surface area (Å²) in [5.74, 6) is 1.05. The van der Waals surface area contributed by atoms with Crippen molar-refractivity contribution >= 4 is 40.0 Å². The van der Waals surface area contributed by atoms with E-state index >= 15 is 0 Å². The fraction of sp³-hybridized carbons (Fsp3) is 0.158. The highest BCUT2D eigenvalue weighted by Crippen LogP contribution is 2.32. The van der Waals surface area contributed by atoms with Crippen molar-refractivity contribution in [3.8, 4) is 11.4 Å². The van der Waals surface area contributed by atoms with Gasteiger partial charge in [0.15, 0.2) is 5.82 Å². The average molecular weight is 396 g/mol. The highest BCUT2D eigenvalue weighted by atomic mass is 35.5. The lowest BCUT2D eigenvalue weighted by Gasteiger charge is -2.09. The summed E-state index contributed by atoms with van der Waals surface area (Å²) in [6.07, 6.45) is 1.68. The van der Waals surface area contributed by atoms with E-state index in [1.54, 1.807) is 44.2 Å². The molecule has 0 atom stereocenters. The van der Waals surface area contributed by atoms with Gasteiger partial charge in [-0.15, -0.1) is 5.10 Å². The van der Waals surface area contributed by atoms with Crippen molar-refractivity contribution in [2.45, 2.75) is 0 Å². The van der Waals surface area contributed by atoms with Crippen molar-refractivity contribution in [3.63, 3.8) is 0 Å². The van der Waals surface area contributed by atoms with Gasteiger partial charge in [0.1, 0.15) is 0 Å². The summed E-state index contributed by atoms with van der Waals surface area (Å²) < 4.78 is 1.64. The number of hydrogen-bond donors (Lipinski definition) is 2. The molecule has 142 valence electrons. The largest absolute Gasteiger partial charge is 0.345 e. The Kier molecular flexibility index (Phi) is 4.48. The minimum atomic E-state index is -0.0489. The number of aromatic amines is 1. The van der Waals surface area contributed by atoms with Crippen LogP contribution in [0.25, 0.3) is 22.3 Å². The molecule has 0 spiro atoms. The number of nitrogens with one attached hydrogen (secondary N) is 2. The lowest BCUT2D eigenvalue weighted by Crippen LogP contribution is -2.21. The molecule has 9 heteroatoms. The predicted octanol–water partition coefficient (Wildman–Crippen LogP) is 3.46. The first-order chi connectivity index (χ1) is 13.4. The zero-order valence-corrected chi connectivity index (χ0v) is 16.3. The van der Waals surface area contributed by atoms with Crippen molar-refractivity contribution in [1.82, 2.24) is 29.9 Å². The molecule has 4 rings (SSSR count). The van der Waals surface area contributed by atoms with Gasteiger partial charge in [-0.1, -0.05) is 23.7 Å². The number of aryl methyl sites for hydroxylation is 1. The second-order valence-electron chi connectivity index (χ2n) is 6.54. The van der Waals surface area contributed by atoms with E-state index in [0.717, 1.165) is 16.5 Å². The van der Waals surface area contributed by atoms with E-state index in [-0.39, 0.29) is 5.91 Å². The molecule has 0 bridgehead atoms. The number of rotatable bonds is 4. The molecule has 0 saturated heterocycles. The second-order valence-corrected chi connectivity index (χ2v) is 6.92. The second kappa shape index (κ2) is 6.97. The highest BCUT2D eigenvalue weighted by molar-refractivity contribution is 6.38. The molecule has 4 aromatic rings.